The average molecular weight is 447 g/mol. The topological polar surface area (TPSA) is 43.4 Å². The van der Waals surface area contributed by atoms with Crippen LogP contribution in [0, 0.1) is 13.8 Å². The smallest absolute Gasteiger partial charge is 0.175 e. The second-order valence-electron chi connectivity index (χ2n) is 7.36. The summed E-state index contributed by atoms with van der Waals surface area (Å²) in [5.74, 6) is 1.67. The summed E-state index contributed by atoms with van der Waals surface area (Å²) < 4.78 is 28.3. The lowest BCUT2D eigenvalue weighted by molar-refractivity contribution is 0.443. The lowest BCUT2D eigenvalue weighted by Gasteiger charge is -2.05. The van der Waals surface area contributed by atoms with Crippen LogP contribution >= 0.6 is 0 Å². The van der Waals surface area contributed by atoms with Crippen molar-refractivity contribution in [3.63, 3.8) is 0 Å². The van der Waals surface area contributed by atoms with Gasteiger partial charge in [-0.1, -0.05) is 78.4 Å². The summed E-state index contributed by atoms with van der Waals surface area (Å²) in [5.41, 5.74) is 4.56. The van der Waals surface area contributed by atoms with E-state index in [4.69, 9.17) is 4.74 Å². The van der Waals surface area contributed by atoms with Crippen molar-refractivity contribution in [2.45, 2.75) is 25.7 Å². The molecule has 0 amide bonds. The molecule has 166 valence electrons. The fourth-order valence-corrected chi connectivity index (χ4v) is 3.37. The third-order valence-electron chi connectivity index (χ3n) is 4.61. The van der Waals surface area contributed by atoms with Crippen molar-refractivity contribution in [1.29, 1.82) is 0 Å². The zero-order valence-electron chi connectivity index (χ0n) is 19.1. The third-order valence-corrected chi connectivity index (χ3v) is 5.73. The summed E-state index contributed by atoms with van der Waals surface area (Å²) in [6.07, 6.45) is 8.59. The van der Waals surface area contributed by atoms with E-state index >= 15 is 0 Å². The summed E-state index contributed by atoms with van der Waals surface area (Å²) >= 11 is 0. The van der Waals surface area contributed by atoms with Crippen LogP contribution in [0.25, 0.3) is 11.1 Å². The second-order valence-corrected chi connectivity index (χ2v) is 9.38. The predicted octanol–water partition coefficient (Wildman–Crippen LogP) is 7.09. The maximum absolute atomic E-state index is 11.3. The fourth-order valence-electron chi connectivity index (χ4n) is 2.74. The Labute approximate surface area is 192 Å². The molecule has 0 aliphatic carbocycles. The highest BCUT2D eigenvalue weighted by atomic mass is 32.2. The van der Waals surface area contributed by atoms with Gasteiger partial charge in [-0.15, -0.1) is 0 Å². The Kier molecular flexibility index (Phi) is 9.23. The molecule has 3 aromatic carbocycles. The molecule has 0 N–H and O–H groups in total. The van der Waals surface area contributed by atoms with Gasteiger partial charge in [0.15, 0.2) is 9.84 Å². The lowest BCUT2D eigenvalue weighted by Crippen LogP contribution is -1.96. The maximum atomic E-state index is 11.3. The molecule has 0 spiro atoms. The van der Waals surface area contributed by atoms with Gasteiger partial charge >= 0.3 is 0 Å². The SMILES string of the molecule is C=C/C=C\C(=C/C)Oc1ccc(C)cc1.Cc1ccc(-c2ccc(S(C)(=O)=O)cc2)cc1. The molecule has 0 saturated heterocycles. The van der Waals surface area contributed by atoms with Crippen LogP contribution in [-0.4, -0.2) is 14.7 Å². The van der Waals surface area contributed by atoms with Gasteiger partial charge in [-0.2, -0.15) is 0 Å². The first-order valence-corrected chi connectivity index (χ1v) is 12.2. The van der Waals surface area contributed by atoms with Crippen molar-refractivity contribution >= 4 is 9.84 Å². The van der Waals surface area contributed by atoms with E-state index < -0.39 is 9.84 Å². The van der Waals surface area contributed by atoms with Crippen molar-refractivity contribution in [3.8, 4) is 16.9 Å². The van der Waals surface area contributed by atoms with E-state index in [-0.39, 0.29) is 0 Å². The molecule has 0 heterocycles. The van der Waals surface area contributed by atoms with Crippen LogP contribution < -0.4 is 4.74 Å². The first-order valence-electron chi connectivity index (χ1n) is 10.3. The van der Waals surface area contributed by atoms with E-state index in [1.54, 1.807) is 18.2 Å². The van der Waals surface area contributed by atoms with Crippen LogP contribution in [0.1, 0.15) is 18.1 Å². The van der Waals surface area contributed by atoms with Gasteiger partial charge < -0.3 is 4.74 Å². The lowest BCUT2D eigenvalue weighted by atomic mass is 10.0. The summed E-state index contributed by atoms with van der Waals surface area (Å²) in [5, 5.41) is 0. The molecule has 0 bridgehead atoms. The molecule has 0 atom stereocenters. The van der Waals surface area contributed by atoms with Crippen molar-refractivity contribution in [3.05, 3.63) is 121 Å². The van der Waals surface area contributed by atoms with E-state index in [9.17, 15) is 8.42 Å². The molecular weight excluding hydrogens is 416 g/mol. The van der Waals surface area contributed by atoms with Crippen LogP contribution in [0.5, 0.6) is 5.75 Å². The quantitative estimate of drug-likeness (QED) is 0.300. The second kappa shape index (κ2) is 11.9. The fraction of sp³-hybridized carbons (Fsp3) is 0.143. The number of benzene rings is 3. The summed E-state index contributed by atoms with van der Waals surface area (Å²) in [7, 11) is -3.11. The standard InChI is InChI=1S/C14H14O2S.C14H16O/c1-11-3-5-12(6-4-11)13-7-9-14(10-8-13)17(2,15)16;1-4-6-7-13(5-2)15-14-10-8-12(3)9-11-14/h3-10H,1-2H3;4-11H,1H2,2-3H3/b;7-6-,13-5+. The zero-order chi connectivity index (χ0) is 23.6. The normalized spacial score (nSPS) is 11.6. The monoisotopic (exact) mass is 446 g/mol. The minimum absolute atomic E-state index is 0.355. The highest BCUT2D eigenvalue weighted by Crippen LogP contribution is 2.21. The molecule has 0 radical (unpaired) electrons. The van der Waals surface area contributed by atoms with E-state index in [0.717, 1.165) is 22.6 Å². The summed E-state index contributed by atoms with van der Waals surface area (Å²) in [6, 6.07) is 23.1. The van der Waals surface area contributed by atoms with Crippen LogP contribution in [-0.2, 0) is 9.84 Å². The minimum atomic E-state index is -3.11. The molecular formula is C28H30O3S. The van der Waals surface area contributed by atoms with Gasteiger partial charge in [0.2, 0.25) is 0 Å². The van der Waals surface area contributed by atoms with Crippen LogP contribution in [0.4, 0.5) is 0 Å². The Morgan fingerprint density at radius 2 is 1.28 bits per heavy atom. The number of allylic oxidation sites excluding steroid dienone is 4. The van der Waals surface area contributed by atoms with Crippen LogP contribution in [0.2, 0.25) is 0 Å². The Morgan fingerprint density at radius 1 is 0.812 bits per heavy atom. The first kappa shape index (κ1) is 24.9. The molecule has 4 heteroatoms. The molecule has 3 rings (SSSR count). The Hall–Kier alpha value is -3.37. The summed E-state index contributed by atoms with van der Waals surface area (Å²) in [4.78, 5) is 0.355. The minimum Gasteiger partial charge on any atom is -0.458 e. The molecule has 0 unspecified atom stereocenters. The molecule has 32 heavy (non-hydrogen) atoms. The van der Waals surface area contributed by atoms with Crippen LogP contribution in [0.3, 0.4) is 0 Å². The van der Waals surface area contributed by atoms with Crippen LogP contribution in [0.15, 0.2) is 114 Å². The average Bonchev–Trinajstić information content (AvgIpc) is 2.78. The number of hydrogen-bond acceptors (Lipinski definition) is 3. The Balaban J connectivity index is 0.000000229. The summed E-state index contributed by atoms with van der Waals surface area (Å²) in [6.45, 7) is 9.65. The number of rotatable bonds is 6. The number of hydrogen-bond donors (Lipinski definition) is 0. The Morgan fingerprint density at radius 3 is 1.72 bits per heavy atom. The first-order chi connectivity index (χ1) is 15.2. The van der Waals surface area contributed by atoms with Crippen molar-refractivity contribution < 1.29 is 13.2 Å². The third kappa shape index (κ3) is 8.05. The molecule has 0 aliphatic heterocycles. The predicted molar refractivity (Wildman–Crippen MR) is 135 cm³/mol. The van der Waals surface area contributed by atoms with Gasteiger partial charge in [0, 0.05) is 6.26 Å². The van der Waals surface area contributed by atoms with Crippen molar-refractivity contribution in [2.75, 3.05) is 6.26 Å². The molecule has 0 saturated carbocycles. The van der Waals surface area contributed by atoms with E-state index in [0.29, 0.717) is 4.90 Å². The van der Waals surface area contributed by atoms with E-state index in [1.165, 1.54) is 17.4 Å². The Bertz CT molecular complexity index is 1170. The highest BCUT2D eigenvalue weighted by Gasteiger charge is 2.06. The van der Waals surface area contributed by atoms with Crippen molar-refractivity contribution in [2.24, 2.45) is 0 Å². The number of aryl methyl sites for hydroxylation is 2. The van der Waals surface area contributed by atoms with Gasteiger partial charge in [-0.25, -0.2) is 8.42 Å². The van der Waals surface area contributed by atoms with Gasteiger partial charge in [0.25, 0.3) is 0 Å². The molecule has 0 aliphatic rings. The van der Waals surface area contributed by atoms with Crippen molar-refractivity contribution in [1.82, 2.24) is 0 Å². The largest absolute Gasteiger partial charge is 0.458 e. The number of ether oxygens (including phenoxy) is 1. The van der Waals surface area contributed by atoms with E-state index in [1.807, 2.05) is 92.7 Å². The van der Waals surface area contributed by atoms with Gasteiger partial charge in [-0.3, -0.25) is 0 Å². The van der Waals surface area contributed by atoms with Gasteiger partial charge in [0.05, 0.1) is 4.90 Å². The molecule has 0 aromatic heterocycles. The van der Waals surface area contributed by atoms with E-state index in [2.05, 4.69) is 13.5 Å². The highest BCUT2D eigenvalue weighted by molar-refractivity contribution is 7.90. The molecule has 3 nitrogen and oxygen atoms in total. The molecule has 0 fully saturated rings. The molecule has 3 aromatic rings. The van der Waals surface area contributed by atoms with Gasteiger partial charge in [-0.05, 0) is 68.3 Å². The maximum Gasteiger partial charge on any atom is 0.175 e. The van der Waals surface area contributed by atoms with Gasteiger partial charge in [0.1, 0.15) is 11.5 Å². The zero-order valence-corrected chi connectivity index (χ0v) is 19.9. The number of sulfone groups is 1.